The van der Waals surface area contributed by atoms with Crippen molar-refractivity contribution in [2.24, 2.45) is 20.5 Å². The molecule has 2 aromatic carbocycles. The van der Waals surface area contributed by atoms with Crippen LogP contribution in [0.3, 0.4) is 0 Å². The zero-order chi connectivity index (χ0) is 17.6. The van der Waals surface area contributed by atoms with Crippen LogP contribution in [0.2, 0.25) is 0 Å². The van der Waals surface area contributed by atoms with Gasteiger partial charge in [-0.25, -0.2) is 4.98 Å². The summed E-state index contributed by atoms with van der Waals surface area (Å²) in [5.41, 5.74) is 13.9. The first kappa shape index (κ1) is 16.4. The summed E-state index contributed by atoms with van der Waals surface area (Å²) < 4.78 is 0.196. The molecule has 0 spiro atoms. The van der Waals surface area contributed by atoms with Gasteiger partial charge < -0.3 is 16.5 Å². The summed E-state index contributed by atoms with van der Waals surface area (Å²) in [4.78, 5) is 6.57. The number of benzene rings is 2. The summed E-state index contributed by atoms with van der Waals surface area (Å²) in [5, 5.41) is 16.4. The van der Waals surface area contributed by atoms with Gasteiger partial charge in [0.25, 0.3) is 0 Å². The molecule has 0 amide bonds. The fourth-order valence-corrected chi connectivity index (χ4v) is 2.12. The van der Waals surface area contributed by atoms with E-state index in [9.17, 15) is 0 Å². The van der Waals surface area contributed by atoms with Crippen molar-refractivity contribution in [2.45, 2.75) is 0 Å². The minimum atomic E-state index is 0.123. The van der Waals surface area contributed by atoms with Crippen molar-refractivity contribution in [1.82, 2.24) is 9.97 Å². The van der Waals surface area contributed by atoms with E-state index in [0.717, 1.165) is 5.69 Å². The Labute approximate surface area is 148 Å². The van der Waals surface area contributed by atoms with Crippen LogP contribution in [0.15, 0.2) is 75.1 Å². The second-order valence-corrected chi connectivity index (χ2v) is 5.33. The van der Waals surface area contributed by atoms with Crippen molar-refractivity contribution < 1.29 is 0 Å². The molecular formula is C16H14N8S. The van der Waals surface area contributed by atoms with Gasteiger partial charge in [0.15, 0.2) is 16.3 Å². The van der Waals surface area contributed by atoms with Gasteiger partial charge in [-0.2, -0.15) is 15.3 Å². The molecule has 5 N–H and O–H groups in total. The average molecular weight is 350 g/mol. The number of anilines is 2. The highest BCUT2D eigenvalue weighted by molar-refractivity contribution is 7.71. The highest BCUT2D eigenvalue weighted by Crippen LogP contribution is 2.28. The number of H-pyrrole nitrogens is 1. The number of nitrogens with one attached hydrogen (secondary N) is 1. The van der Waals surface area contributed by atoms with Crippen molar-refractivity contribution >= 4 is 46.6 Å². The van der Waals surface area contributed by atoms with Crippen LogP contribution >= 0.6 is 12.2 Å². The van der Waals surface area contributed by atoms with E-state index in [2.05, 4.69) is 30.4 Å². The molecule has 8 nitrogen and oxygen atoms in total. The summed E-state index contributed by atoms with van der Waals surface area (Å²) in [5.74, 6) is 0.341. The van der Waals surface area contributed by atoms with Crippen LogP contribution in [0, 0.1) is 4.77 Å². The Balaban J connectivity index is 1.75. The number of aromatic amines is 1. The fraction of sp³-hybridized carbons (Fsp3) is 0. The van der Waals surface area contributed by atoms with Crippen LogP contribution in [0.1, 0.15) is 0 Å². The maximum atomic E-state index is 5.78. The molecule has 1 heterocycles. The molecule has 0 aliphatic heterocycles. The molecule has 0 radical (unpaired) electrons. The number of aromatic nitrogens is 2. The lowest BCUT2D eigenvalue weighted by Gasteiger charge is -2.01. The lowest BCUT2D eigenvalue weighted by molar-refractivity contribution is 1.12. The lowest BCUT2D eigenvalue weighted by atomic mass is 10.3. The van der Waals surface area contributed by atoms with Gasteiger partial charge in [0.05, 0.1) is 17.1 Å². The lowest BCUT2D eigenvalue weighted by Crippen LogP contribution is -1.98. The zero-order valence-corrected chi connectivity index (χ0v) is 13.8. The second kappa shape index (κ2) is 7.41. The standard InChI is InChI=1S/C16H14N8S/c17-14-13(15(18)20-16(25)19-14)24-23-12-8-6-11(7-9-12)22-21-10-4-2-1-3-5-10/h1-9H,(H5,17,18,19,20,25). The molecular weight excluding hydrogens is 336 g/mol. The van der Waals surface area contributed by atoms with E-state index in [4.69, 9.17) is 23.7 Å². The van der Waals surface area contributed by atoms with Crippen LogP contribution in [0.25, 0.3) is 0 Å². The Bertz CT molecular complexity index is 951. The first-order valence-electron chi connectivity index (χ1n) is 7.26. The van der Waals surface area contributed by atoms with Crippen molar-refractivity contribution in [3.05, 3.63) is 59.4 Å². The summed E-state index contributed by atoms with van der Waals surface area (Å²) in [7, 11) is 0. The molecule has 3 aromatic rings. The third-order valence-electron chi connectivity index (χ3n) is 3.11. The first-order chi connectivity index (χ1) is 12.1. The molecule has 0 unspecified atom stereocenters. The number of rotatable bonds is 4. The Morgan fingerprint density at radius 1 is 0.760 bits per heavy atom. The van der Waals surface area contributed by atoms with Gasteiger partial charge in [0.1, 0.15) is 5.82 Å². The van der Waals surface area contributed by atoms with Gasteiger partial charge in [0, 0.05) is 0 Å². The molecule has 0 saturated heterocycles. The maximum absolute atomic E-state index is 5.78. The number of azo groups is 2. The molecule has 3 rings (SSSR count). The summed E-state index contributed by atoms with van der Waals surface area (Å²) in [6.07, 6.45) is 0. The van der Waals surface area contributed by atoms with E-state index in [1.807, 2.05) is 30.3 Å². The van der Waals surface area contributed by atoms with E-state index >= 15 is 0 Å². The molecule has 0 fully saturated rings. The van der Waals surface area contributed by atoms with Gasteiger partial charge in [-0.1, -0.05) is 18.2 Å². The monoisotopic (exact) mass is 350 g/mol. The zero-order valence-electron chi connectivity index (χ0n) is 13.0. The van der Waals surface area contributed by atoms with Crippen molar-refractivity contribution in [2.75, 3.05) is 11.5 Å². The second-order valence-electron chi connectivity index (χ2n) is 4.94. The SMILES string of the molecule is Nc1nc(=S)[nH]c(N)c1N=Nc1ccc(N=Nc2ccccc2)cc1. The Hall–Kier alpha value is -3.46. The van der Waals surface area contributed by atoms with Gasteiger partial charge in [-0.05, 0) is 48.6 Å². The third kappa shape index (κ3) is 4.30. The van der Waals surface area contributed by atoms with Gasteiger partial charge in [-0.3, -0.25) is 0 Å². The maximum Gasteiger partial charge on any atom is 0.200 e. The van der Waals surface area contributed by atoms with Crippen molar-refractivity contribution in [3.8, 4) is 0 Å². The van der Waals surface area contributed by atoms with E-state index in [-0.39, 0.29) is 22.1 Å². The van der Waals surface area contributed by atoms with Crippen LogP contribution in [0.5, 0.6) is 0 Å². The number of nitrogens with two attached hydrogens (primary N) is 2. The molecule has 0 atom stereocenters. The molecule has 9 heteroatoms. The minimum absolute atomic E-state index is 0.123. The van der Waals surface area contributed by atoms with Gasteiger partial charge >= 0.3 is 0 Å². The smallest absolute Gasteiger partial charge is 0.200 e. The van der Waals surface area contributed by atoms with E-state index in [1.54, 1.807) is 24.3 Å². The Morgan fingerprint density at radius 3 is 1.84 bits per heavy atom. The minimum Gasteiger partial charge on any atom is -0.383 e. The molecule has 1 aromatic heterocycles. The van der Waals surface area contributed by atoms with Crippen LogP contribution in [-0.2, 0) is 0 Å². The van der Waals surface area contributed by atoms with Crippen molar-refractivity contribution in [3.63, 3.8) is 0 Å². The normalized spacial score (nSPS) is 11.4. The average Bonchev–Trinajstić information content (AvgIpc) is 2.61. The number of hydrogen-bond donors (Lipinski definition) is 3. The third-order valence-corrected chi connectivity index (χ3v) is 3.31. The van der Waals surface area contributed by atoms with Crippen LogP contribution < -0.4 is 11.5 Å². The largest absolute Gasteiger partial charge is 0.383 e. The topological polar surface area (TPSA) is 130 Å². The first-order valence-corrected chi connectivity index (χ1v) is 7.66. The van der Waals surface area contributed by atoms with Gasteiger partial charge in [-0.15, -0.1) is 5.11 Å². The highest BCUT2D eigenvalue weighted by Gasteiger charge is 2.05. The molecule has 25 heavy (non-hydrogen) atoms. The van der Waals surface area contributed by atoms with Crippen LogP contribution in [-0.4, -0.2) is 9.97 Å². The van der Waals surface area contributed by atoms with Gasteiger partial charge in [0.2, 0.25) is 0 Å². The predicted octanol–water partition coefficient (Wildman–Crippen LogP) is 5.13. The molecule has 124 valence electrons. The van der Waals surface area contributed by atoms with Crippen molar-refractivity contribution in [1.29, 1.82) is 0 Å². The summed E-state index contributed by atoms with van der Waals surface area (Å²) >= 11 is 4.88. The molecule has 0 aliphatic carbocycles. The van der Waals surface area contributed by atoms with Crippen LogP contribution in [0.4, 0.5) is 34.4 Å². The summed E-state index contributed by atoms with van der Waals surface area (Å²) in [6, 6.07) is 16.6. The molecule has 0 aliphatic rings. The Kier molecular flexibility index (Phi) is 4.86. The van der Waals surface area contributed by atoms with E-state index in [0.29, 0.717) is 11.4 Å². The molecule has 0 bridgehead atoms. The highest BCUT2D eigenvalue weighted by atomic mass is 32.1. The summed E-state index contributed by atoms with van der Waals surface area (Å²) in [6.45, 7) is 0. The quantitative estimate of drug-likeness (QED) is 0.444. The van der Waals surface area contributed by atoms with E-state index in [1.165, 1.54) is 0 Å². The number of nitrogen functional groups attached to an aromatic ring is 2. The number of nitrogens with zero attached hydrogens (tertiary/aromatic N) is 5. The Morgan fingerprint density at radius 2 is 1.28 bits per heavy atom. The fourth-order valence-electron chi connectivity index (χ4n) is 1.91. The number of hydrogen-bond acceptors (Lipinski definition) is 8. The predicted molar refractivity (Wildman–Crippen MR) is 99.5 cm³/mol. The van der Waals surface area contributed by atoms with E-state index < -0.39 is 0 Å². The molecule has 0 saturated carbocycles.